The molecule has 0 radical (unpaired) electrons. The van der Waals surface area contributed by atoms with E-state index in [1.807, 2.05) is 6.92 Å². The first-order valence-electron chi connectivity index (χ1n) is 9.13. The van der Waals surface area contributed by atoms with Gasteiger partial charge in [0.1, 0.15) is 0 Å². The van der Waals surface area contributed by atoms with Gasteiger partial charge in [-0.05, 0) is 19.3 Å². The molecule has 0 amide bonds. The van der Waals surface area contributed by atoms with E-state index in [1.54, 1.807) is 0 Å². The van der Waals surface area contributed by atoms with Crippen molar-refractivity contribution in [2.24, 2.45) is 0 Å². The maximum atomic E-state index is 9.26. The monoisotopic (exact) mass is 1480 g/mol. The molecule has 0 rings (SSSR count). The molecule has 0 aliphatic rings. The van der Waals surface area contributed by atoms with Crippen LogP contribution in [0, 0.1) is 28.4 Å². The Bertz CT molecular complexity index is 261. The quantitative estimate of drug-likeness (QED) is 0.118. The second-order valence-electron chi connectivity index (χ2n) is 5.97. The zero-order valence-corrected chi connectivity index (χ0v) is 45.5. The van der Waals surface area contributed by atoms with Crippen molar-refractivity contribution < 1.29 is 44.5 Å². The summed E-state index contributed by atoms with van der Waals surface area (Å²) in [6.07, 6.45) is 1.78. The predicted molar refractivity (Wildman–Crippen MR) is 105 cm³/mol. The summed E-state index contributed by atoms with van der Waals surface area (Å²) in [5.41, 5.74) is 0. The van der Waals surface area contributed by atoms with Crippen molar-refractivity contribution in [3.8, 4) is 0 Å². The number of rotatable bonds is 15. The van der Waals surface area contributed by atoms with Crippen molar-refractivity contribution in [1.82, 2.24) is 0 Å². The Morgan fingerprint density at radius 2 is 0.844 bits per heavy atom. The summed E-state index contributed by atoms with van der Waals surface area (Å²) in [5, 5.41) is 43.8. The maximum Gasteiger partial charge on any atom is 0.0973 e. The molecule has 5 N–H and O–H groups in total. The molecule has 0 aromatic rings. The van der Waals surface area contributed by atoms with Crippen LogP contribution in [-0.4, -0.2) is 83.0 Å². The van der Waals surface area contributed by atoms with Crippen molar-refractivity contribution in [1.29, 1.82) is 0 Å². The number of aliphatic hydroxyl groups is 5. The van der Waals surface area contributed by atoms with Crippen LogP contribution < -0.4 is 0 Å². The fraction of sp³-hybridized carbons (Fsp3) is 0.789. The van der Waals surface area contributed by atoms with Gasteiger partial charge in [-0.1, -0.05) is 19.8 Å². The van der Waals surface area contributed by atoms with Gasteiger partial charge in [-0.25, -0.2) is 28.4 Å². The zero-order chi connectivity index (χ0) is 22.2. The number of aliphatic hydroxyl groups excluding tert-OH is 5. The third-order valence-corrected chi connectivity index (χ3v) is 3.25. The van der Waals surface area contributed by atoms with Crippen molar-refractivity contribution >= 4 is 0 Å². The first kappa shape index (κ1) is 46.0. The van der Waals surface area contributed by atoms with Crippen LogP contribution in [0.3, 0.4) is 0 Å². The van der Waals surface area contributed by atoms with Crippen molar-refractivity contribution in [2.45, 2.75) is 63.4 Å². The van der Waals surface area contributed by atoms with E-state index in [4.69, 9.17) is 15.3 Å². The van der Waals surface area contributed by atoms with Crippen molar-refractivity contribution in [2.75, 3.05) is 33.0 Å². The number of ether oxygens (including phenoxy) is 4. The molecule has 0 aromatic heterocycles. The Hall–Kier alpha value is -4.36. The van der Waals surface area contributed by atoms with Gasteiger partial charge >= 0.3 is 0 Å². The predicted octanol–water partition coefficient (Wildman–Crippen LogP) is 0.598. The second kappa shape index (κ2) is 37.4. The summed E-state index contributed by atoms with van der Waals surface area (Å²) in [6, 6.07) is 0. The normalized spacial score (nSPS) is 12.9. The number of hydrogen-bond donors (Lipinski definition) is 5. The maximum absolute atomic E-state index is 9.26. The Kier molecular flexibility index (Phi) is 53.8. The van der Waals surface area contributed by atoms with Gasteiger partial charge in [0.15, 0.2) is 0 Å². The van der Waals surface area contributed by atoms with E-state index >= 15 is 0 Å². The topological polar surface area (TPSA) is 138 Å². The zero-order valence-electron chi connectivity index (χ0n) is 19.9. The molecule has 0 aliphatic heterocycles. The minimum Gasteiger partial charge on any atom is -0.553 e. The van der Waals surface area contributed by atoms with Gasteiger partial charge in [0, 0.05) is 26.4 Å². The minimum absolute atomic E-state index is 0. The molecule has 0 heterocycles. The van der Waals surface area contributed by atoms with Crippen LogP contribution in [0.4, 0.5) is 0 Å². The fourth-order valence-electron chi connectivity index (χ4n) is 1.64. The summed E-state index contributed by atoms with van der Waals surface area (Å²) < 4.78 is 17.7. The van der Waals surface area contributed by atoms with Crippen LogP contribution in [0.5, 0.6) is 0 Å². The van der Waals surface area contributed by atoms with Crippen LogP contribution in [-0.2, 0) is 18.9 Å². The molecule has 13 heteroatoms. The van der Waals surface area contributed by atoms with Crippen LogP contribution in [0.1, 0.15) is 39.0 Å². The smallest absolute Gasteiger partial charge is 0.0973 e. The summed E-state index contributed by atoms with van der Waals surface area (Å²) in [6.45, 7) is 2.60. The van der Waals surface area contributed by atoms with Gasteiger partial charge in [-0.15, -0.1) is 0 Å². The Morgan fingerprint density at radius 3 is 1.03 bits per heavy atom. The van der Waals surface area contributed by atoms with E-state index in [9.17, 15) is 10.2 Å². The molecule has 0 aliphatic carbocycles. The molecular formula is C19H40O9Rf4-4. The van der Waals surface area contributed by atoms with E-state index < -0.39 is 18.3 Å². The molecule has 9 nitrogen and oxygen atoms in total. The average Bonchev–Trinajstić information content (AvgIpc) is 2.67. The van der Waals surface area contributed by atoms with E-state index in [0.29, 0.717) is 19.4 Å². The largest absolute Gasteiger partial charge is 0.553 e. The van der Waals surface area contributed by atoms with Crippen LogP contribution >= 0.6 is 0 Å². The third-order valence-electron chi connectivity index (χ3n) is 3.25. The third kappa shape index (κ3) is 44.8. The van der Waals surface area contributed by atoms with Gasteiger partial charge in [-0.2, -0.15) is 0 Å². The number of unbranched alkanes of at least 4 members (excludes halogenated alkanes) is 1. The molecule has 32 heavy (non-hydrogen) atoms. The Morgan fingerprint density at radius 1 is 0.562 bits per heavy atom. The molecule has 0 saturated heterocycles. The standard InChI is InChI=1S/C10H20O4.C5H11O2.C4H9O3.4Rf/c1-13-7-9(11)5-3-4-6-10(12)8-14-2;1-3-5(6)4-7-2;1-7-3-4(6)2-5;;;;/h9-12H,1-8H2;5-6H,2-4H2,1H3;4-6H,1-3H2;;;;/q-2;2*-1;;;;. The van der Waals surface area contributed by atoms with E-state index in [0.717, 1.165) is 19.3 Å². The Labute approximate surface area is 170 Å². The SMILES string of the molecule is [CH2-]OCC(O)CC.[CH2-]OCC(O)CCCCC(O)CO[CH2-].[CH2-]OCC(O)CO.[Rf].[Rf].[Rf].[Rf]. The van der Waals surface area contributed by atoms with Crippen LogP contribution in [0.2, 0.25) is 0 Å². The fourth-order valence-corrected chi connectivity index (χ4v) is 1.64. The van der Waals surface area contributed by atoms with Gasteiger partial charge in [0.25, 0.3) is 0 Å². The molecule has 0 aromatic carbocycles. The van der Waals surface area contributed by atoms with Crippen molar-refractivity contribution in [3.05, 3.63) is 28.4 Å². The van der Waals surface area contributed by atoms with E-state index in [-0.39, 0.29) is 32.5 Å². The summed E-state index contributed by atoms with van der Waals surface area (Å²) in [4.78, 5) is 0. The summed E-state index contributed by atoms with van der Waals surface area (Å²) in [5.74, 6) is 0. The van der Waals surface area contributed by atoms with Gasteiger partial charge in [0.2, 0.25) is 0 Å². The molecular weight excluding hydrogens is 1440 g/mol. The van der Waals surface area contributed by atoms with Gasteiger partial charge in [0.05, 0.1) is 31.0 Å². The molecule has 4 unspecified atom stereocenters. The first-order valence-corrected chi connectivity index (χ1v) is 9.13. The van der Waals surface area contributed by atoms with Crippen LogP contribution in [0.25, 0.3) is 0 Å². The summed E-state index contributed by atoms with van der Waals surface area (Å²) >= 11 is 0. The minimum atomic E-state index is -0.780. The van der Waals surface area contributed by atoms with Gasteiger partial charge < -0.3 is 44.5 Å². The summed E-state index contributed by atoms with van der Waals surface area (Å²) in [7, 11) is 12.5. The molecule has 0 bridgehead atoms. The van der Waals surface area contributed by atoms with E-state index in [2.05, 4.69) is 47.4 Å². The first-order chi connectivity index (χ1) is 13.3. The molecule has 0 fully saturated rings. The number of hydrogen-bond acceptors (Lipinski definition) is 9. The van der Waals surface area contributed by atoms with Crippen LogP contribution in [0.15, 0.2) is 0 Å². The Balaban J connectivity index is -0.0000000601. The van der Waals surface area contributed by atoms with E-state index in [1.165, 1.54) is 0 Å². The average molecular weight is 1480 g/mol. The molecule has 4 atom stereocenters. The molecule has 0 spiro atoms. The van der Waals surface area contributed by atoms with Crippen molar-refractivity contribution in [3.63, 3.8) is 0 Å². The molecule has 182 valence electrons. The molecule has 0 saturated carbocycles. The van der Waals surface area contributed by atoms with Gasteiger partial charge in [-0.3, -0.25) is 0 Å². The second-order valence-corrected chi connectivity index (χ2v) is 5.97.